The maximum Gasteiger partial charge on any atom is 0.323 e. The summed E-state index contributed by atoms with van der Waals surface area (Å²) in [5, 5.41) is 6.66. The smallest absolute Gasteiger partial charge is 0.323 e. The first-order chi connectivity index (χ1) is 15.5. The van der Waals surface area contributed by atoms with Gasteiger partial charge in [-0.3, -0.25) is 5.32 Å². The van der Waals surface area contributed by atoms with Gasteiger partial charge in [0, 0.05) is 42.7 Å². The number of rotatable bonds is 5. The second-order valence-corrected chi connectivity index (χ2v) is 8.39. The second-order valence-electron chi connectivity index (χ2n) is 8.39. The Labute approximate surface area is 183 Å². The molecule has 0 radical (unpaired) electrons. The number of anilines is 1. The third-order valence-electron chi connectivity index (χ3n) is 6.21. The Morgan fingerprint density at radius 1 is 1.22 bits per heavy atom. The lowest BCUT2D eigenvalue weighted by molar-refractivity contribution is 0.115. The van der Waals surface area contributed by atoms with E-state index in [0.29, 0.717) is 41.5 Å². The van der Waals surface area contributed by atoms with Gasteiger partial charge in [0.05, 0.1) is 18.3 Å². The summed E-state index contributed by atoms with van der Waals surface area (Å²) in [5.74, 6) is 1.55. The molecule has 2 amide bonds. The minimum Gasteiger partial charge on any atom is -0.439 e. The molecule has 168 valence electrons. The van der Waals surface area contributed by atoms with Crippen LogP contribution in [0.25, 0.3) is 22.4 Å². The fourth-order valence-electron chi connectivity index (χ4n) is 4.81. The van der Waals surface area contributed by atoms with Crippen LogP contribution in [0.4, 0.5) is 19.4 Å². The molecule has 2 aliphatic rings. The lowest BCUT2D eigenvalue weighted by atomic mass is 9.97. The lowest BCUT2D eigenvalue weighted by Crippen LogP contribution is -2.53. The van der Waals surface area contributed by atoms with Gasteiger partial charge in [-0.05, 0) is 37.8 Å². The number of piperidine rings is 1. The molecule has 3 atom stereocenters. The van der Waals surface area contributed by atoms with Crippen molar-refractivity contribution in [2.24, 2.45) is 0 Å². The fraction of sp³-hybridized carbons (Fsp3) is 0.455. The molecule has 2 saturated heterocycles. The number of nitrogens with zero attached hydrogens (tertiary/aromatic N) is 4. The monoisotopic (exact) mass is 442 g/mol. The van der Waals surface area contributed by atoms with Gasteiger partial charge in [0.25, 0.3) is 6.43 Å². The molecule has 10 heteroatoms. The summed E-state index contributed by atoms with van der Waals surface area (Å²) < 4.78 is 30.6. The molecule has 2 fully saturated rings. The standard InChI is InChI=1S/C22H24F2N6O2/c1-12-25-10-19(32-12)17-5-2-13-9-27-21(8-18(13)28-17)29-22(31)30-15-3-4-16(30)7-14(6-15)26-11-20(23)24/h2,5,8-10,14-16,20,26H,3-4,6-7,11H2,1H3,(H,27,29,31)/t14?,15-,16?/m0/s1. The first-order valence-corrected chi connectivity index (χ1v) is 10.8. The Morgan fingerprint density at radius 2 is 2.00 bits per heavy atom. The molecule has 0 aromatic carbocycles. The van der Waals surface area contributed by atoms with Crippen molar-refractivity contribution >= 4 is 22.8 Å². The minimum atomic E-state index is -2.37. The number of pyridine rings is 2. The highest BCUT2D eigenvalue weighted by Gasteiger charge is 2.43. The summed E-state index contributed by atoms with van der Waals surface area (Å²) in [4.78, 5) is 27.9. The van der Waals surface area contributed by atoms with E-state index >= 15 is 0 Å². The van der Waals surface area contributed by atoms with Gasteiger partial charge in [-0.1, -0.05) is 0 Å². The van der Waals surface area contributed by atoms with Crippen LogP contribution in [-0.4, -0.2) is 57.0 Å². The summed E-state index contributed by atoms with van der Waals surface area (Å²) in [6, 6.07) is 5.37. The molecule has 32 heavy (non-hydrogen) atoms. The number of aryl methyl sites for hydroxylation is 1. The minimum absolute atomic E-state index is 0.0201. The number of carbonyl (C=O) groups excluding carboxylic acids is 1. The van der Waals surface area contributed by atoms with Crippen LogP contribution in [0, 0.1) is 6.92 Å². The maximum absolute atomic E-state index is 13.0. The van der Waals surface area contributed by atoms with E-state index in [0.717, 1.165) is 18.2 Å². The van der Waals surface area contributed by atoms with Gasteiger partial charge in [0.15, 0.2) is 11.7 Å². The number of urea groups is 1. The Morgan fingerprint density at radius 3 is 2.69 bits per heavy atom. The van der Waals surface area contributed by atoms with E-state index in [4.69, 9.17) is 4.42 Å². The number of alkyl halides is 2. The van der Waals surface area contributed by atoms with E-state index in [1.54, 1.807) is 25.4 Å². The van der Waals surface area contributed by atoms with E-state index in [9.17, 15) is 13.6 Å². The number of halogens is 2. The van der Waals surface area contributed by atoms with Crippen molar-refractivity contribution in [3.05, 3.63) is 36.5 Å². The first kappa shape index (κ1) is 20.7. The molecule has 3 aromatic rings. The number of oxazole rings is 1. The number of carbonyl (C=O) groups is 1. The van der Waals surface area contributed by atoms with Crippen molar-refractivity contribution < 1.29 is 18.0 Å². The molecule has 2 unspecified atom stereocenters. The van der Waals surface area contributed by atoms with E-state index in [2.05, 4.69) is 25.6 Å². The van der Waals surface area contributed by atoms with Gasteiger partial charge in [-0.25, -0.2) is 28.5 Å². The predicted octanol–water partition coefficient (Wildman–Crippen LogP) is 3.98. The SMILES string of the molecule is Cc1ncc(-c2ccc3cnc(NC(=O)N4C5CC[C@H]4CC(NCC(F)F)C5)cc3n2)o1. The molecule has 2 N–H and O–H groups in total. The zero-order valence-corrected chi connectivity index (χ0v) is 17.6. The summed E-state index contributed by atoms with van der Waals surface area (Å²) in [5.41, 5.74) is 1.33. The van der Waals surface area contributed by atoms with Gasteiger partial charge in [0.1, 0.15) is 11.5 Å². The van der Waals surface area contributed by atoms with Crippen LogP contribution < -0.4 is 10.6 Å². The Bertz CT molecular complexity index is 1120. The van der Waals surface area contributed by atoms with Gasteiger partial charge in [-0.15, -0.1) is 0 Å². The molecule has 5 heterocycles. The van der Waals surface area contributed by atoms with E-state index in [-0.39, 0.29) is 30.7 Å². The molecule has 8 nitrogen and oxygen atoms in total. The topological polar surface area (TPSA) is 96.2 Å². The van der Waals surface area contributed by atoms with Crippen LogP contribution in [0.1, 0.15) is 31.6 Å². The molecular weight excluding hydrogens is 418 g/mol. The maximum atomic E-state index is 13.0. The molecule has 2 aliphatic heterocycles. The summed E-state index contributed by atoms with van der Waals surface area (Å²) >= 11 is 0. The van der Waals surface area contributed by atoms with E-state index < -0.39 is 6.43 Å². The number of hydrogen-bond acceptors (Lipinski definition) is 6. The van der Waals surface area contributed by atoms with Crippen molar-refractivity contribution in [1.82, 2.24) is 25.2 Å². The lowest BCUT2D eigenvalue weighted by Gasteiger charge is -2.39. The van der Waals surface area contributed by atoms with Gasteiger partial charge >= 0.3 is 6.03 Å². The van der Waals surface area contributed by atoms with E-state index in [1.165, 1.54) is 0 Å². The molecular formula is C22H24F2N6O2. The predicted molar refractivity (Wildman–Crippen MR) is 114 cm³/mol. The van der Waals surface area contributed by atoms with Crippen molar-refractivity contribution in [3.63, 3.8) is 0 Å². The highest BCUT2D eigenvalue weighted by atomic mass is 19.3. The Kier molecular flexibility index (Phi) is 5.46. The van der Waals surface area contributed by atoms with Crippen molar-refractivity contribution in [2.45, 2.75) is 57.2 Å². The number of amides is 2. The van der Waals surface area contributed by atoms with Gasteiger partial charge < -0.3 is 14.6 Å². The number of hydrogen-bond donors (Lipinski definition) is 2. The Hall–Kier alpha value is -3.14. The summed E-state index contributed by atoms with van der Waals surface area (Å²) in [6.45, 7) is 1.47. The molecule has 2 bridgehead atoms. The normalized spacial score (nSPS) is 22.6. The highest BCUT2D eigenvalue weighted by molar-refractivity contribution is 5.91. The number of nitrogens with one attached hydrogen (secondary N) is 2. The molecule has 0 aliphatic carbocycles. The van der Waals surface area contributed by atoms with Gasteiger partial charge in [0.2, 0.25) is 0 Å². The average molecular weight is 442 g/mol. The van der Waals surface area contributed by atoms with Crippen LogP contribution in [0.2, 0.25) is 0 Å². The quantitative estimate of drug-likeness (QED) is 0.621. The summed E-state index contributed by atoms with van der Waals surface area (Å²) in [7, 11) is 0. The number of aromatic nitrogens is 3. The molecule has 3 aromatic heterocycles. The van der Waals surface area contributed by atoms with Crippen LogP contribution in [0.3, 0.4) is 0 Å². The zero-order valence-electron chi connectivity index (χ0n) is 17.6. The Balaban J connectivity index is 1.29. The first-order valence-electron chi connectivity index (χ1n) is 10.8. The van der Waals surface area contributed by atoms with Crippen molar-refractivity contribution in [1.29, 1.82) is 0 Å². The molecule has 0 saturated carbocycles. The number of fused-ring (bicyclic) bond motifs is 3. The largest absolute Gasteiger partial charge is 0.439 e. The average Bonchev–Trinajstić information content (AvgIpc) is 3.32. The highest BCUT2D eigenvalue weighted by Crippen LogP contribution is 2.36. The van der Waals surface area contributed by atoms with Crippen LogP contribution in [0.15, 0.2) is 35.0 Å². The third-order valence-corrected chi connectivity index (χ3v) is 6.21. The van der Waals surface area contributed by atoms with Crippen LogP contribution in [-0.2, 0) is 0 Å². The molecule has 5 rings (SSSR count). The van der Waals surface area contributed by atoms with Gasteiger partial charge in [-0.2, -0.15) is 0 Å². The van der Waals surface area contributed by atoms with Crippen LogP contribution in [0.5, 0.6) is 0 Å². The zero-order chi connectivity index (χ0) is 22.2. The van der Waals surface area contributed by atoms with Crippen LogP contribution >= 0.6 is 0 Å². The fourth-order valence-corrected chi connectivity index (χ4v) is 4.81. The summed E-state index contributed by atoms with van der Waals surface area (Å²) in [6.07, 6.45) is 4.07. The third kappa shape index (κ3) is 4.14. The van der Waals surface area contributed by atoms with Crippen molar-refractivity contribution in [3.8, 4) is 11.5 Å². The molecule has 0 spiro atoms. The second kappa shape index (κ2) is 8.42. The van der Waals surface area contributed by atoms with Crippen molar-refractivity contribution in [2.75, 3.05) is 11.9 Å². The van der Waals surface area contributed by atoms with E-state index in [1.807, 2.05) is 17.0 Å².